The van der Waals surface area contributed by atoms with Crippen molar-refractivity contribution in [3.05, 3.63) is 71.8 Å². The highest BCUT2D eigenvalue weighted by atomic mass is 16.4. The summed E-state index contributed by atoms with van der Waals surface area (Å²) in [6, 6.07) is 18.6. The van der Waals surface area contributed by atoms with Crippen molar-refractivity contribution in [1.82, 2.24) is 0 Å². The van der Waals surface area contributed by atoms with Crippen LogP contribution in [0.2, 0.25) is 0 Å². The summed E-state index contributed by atoms with van der Waals surface area (Å²) in [7, 11) is 0. The number of aldehydes is 1. The predicted octanol–water partition coefficient (Wildman–Crippen LogP) is 4.66. The summed E-state index contributed by atoms with van der Waals surface area (Å²) in [6.45, 7) is 0. The van der Waals surface area contributed by atoms with Crippen molar-refractivity contribution in [3.8, 4) is 0 Å². The summed E-state index contributed by atoms with van der Waals surface area (Å²) < 4.78 is 0. The van der Waals surface area contributed by atoms with Crippen molar-refractivity contribution in [2.45, 2.75) is 0 Å². The van der Waals surface area contributed by atoms with E-state index in [1.54, 1.807) is 18.2 Å². The molecule has 3 nitrogen and oxygen atoms in total. The minimum atomic E-state index is -0.992. The smallest absolute Gasteiger partial charge is 0.336 e. The molecule has 0 radical (unpaired) electrons. The standard InChI is InChI=1S/C20H12O3/c21-11-14-6-3-5-12-8-9-16-15-7-2-1-4-13(15)10-17(20(22)23)19(16)18(12)14/h1-11H,(H,22,23). The van der Waals surface area contributed by atoms with Gasteiger partial charge in [0.05, 0.1) is 5.56 Å². The lowest BCUT2D eigenvalue weighted by Crippen LogP contribution is -1.99. The molecule has 0 atom stereocenters. The molecule has 0 saturated heterocycles. The monoisotopic (exact) mass is 300 g/mol. The molecule has 0 heterocycles. The molecule has 0 saturated carbocycles. The number of carbonyl (C=O) groups is 2. The summed E-state index contributed by atoms with van der Waals surface area (Å²) in [5.41, 5.74) is 0.726. The largest absolute Gasteiger partial charge is 0.478 e. The number of aromatic carboxylic acids is 1. The fourth-order valence-electron chi connectivity index (χ4n) is 3.27. The Morgan fingerprint density at radius 3 is 2.39 bits per heavy atom. The molecular formula is C20H12O3. The second-order valence-electron chi connectivity index (χ2n) is 5.50. The molecule has 0 aliphatic heterocycles. The second kappa shape index (κ2) is 4.92. The highest BCUT2D eigenvalue weighted by molar-refractivity contribution is 6.26. The highest BCUT2D eigenvalue weighted by Crippen LogP contribution is 2.35. The minimum absolute atomic E-state index is 0.221. The molecule has 110 valence electrons. The number of carboxylic acid groups (broad SMARTS) is 1. The van der Waals surface area contributed by atoms with Crippen LogP contribution in [0.5, 0.6) is 0 Å². The van der Waals surface area contributed by atoms with Gasteiger partial charge in [-0.3, -0.25) is 4.79 Å². The first-order valence-electron chi connectivity index (χ1n) is 7.26. The third-order valence-electron chi connectivity index (χ3n) is 4.26. The van der Waals surface area contributed by atoms with E-state index in [1.807, 2.05) is 42.5 Å². The predicted molar refractivity (Wildman–Crippen MR) is 91.3 cm³/mol. The summed E-state index contributed by atoms with van der Waals surface area (Å²) >= 11 is 0. The van der Waals surface area contributed by atoms with Crippen LogP contribution in [0.1, 0.15) is 20.7 Å². The molecule has 0 unspecified atom stereocenters. The zero-order valence-corrected chi connectivity index (χ0v) is 12.1. The van der Waals surface area contributed by atoms with Gasteiger partial charge >= 0.3 is 5.97 Å². The average molecular weight is 300 g/mol. The number of benzene rings is 4. The summed E-state index contributed by atoms with van der Waals surface area (Å²) in [5, 5.41) is 14.6. The summed E-state index contributed by atoms with van der Waals surface area (Å²) in [6.07, 6.45) is 0.780. The van der Waals surface area contributed by atoms with E-state index >= 15 is 0 Å². The fourth-order valence-corrected chi connectivity index (χ4v) is 3.27. The van der Waals surface area contributed by atoms with E-state index in [1.165, 1.54) is 0 Å². The summed E-state index contributed by atoms with van der Waals surface area (Å²) in [4.78, 5) is 23.3. The summed E-state index contributed by atoms with van der Waals surface area (Å²) in [5.74, 6) is -0.992. The van der Waals surface area contributed by atoms with Crippen molar-refractivity contribution < 1.29 is 14.7 Å². The molecule has 0 spiro atoms. The van der Waals surface area contributed by atoms with Gasteiger partial charge in [0.15, 0.2) is 6.29 Å². The van der Waals surface area contributed by atoms with Crippen molar-refractivity contribution in [3.63, 3.8) is 0 Å². The fraction of sp³-hybridized carbons (Fsp3) is 0. The molecule has 4 aromatic rings. The number of fused-ring (bicyclic) bond motifs is 5. The molecule has 0 aromatic heterocycles. The van der Waals surface area contributed by atoms with Crippen LogP contribution in [0.3, 0.4) is 0 Å². The van der Waals surface area contributed by atoms with Crippen LogP contribution in [0.4, 0.5) is 0 Å². The molecule has 4 aromatic carbocycles. The van der Waals surface area contributed by atoms with E-state index in [0.29, 0.717) is 16.3 Å². The van der Waals surface area contributed by atoms with Gasteiger partial charge in [0.2, 0.25) is 0 Å². The first-order valence-corrected chi connectivity index (χ1v) is 7.26. The number of hydrogen-bond donors (Lipinski definition) is 1. The Kier molecular flexibility index (Phi) is 2.88. The Labute approximate surface area is 131 Å². The lowest BCUT2D eigenvalue weighted by molar-refractivity contribution is 0.0699. The van der Waals surface area contributed by atoms with Gasteiger partial charge < -0.3 is 5.11 Å². The normalized spacial score (nSPS) is 11.1. The number of hydrogen-bond acceptors (Lipinski definition) is 2. The maximum Gasteiger partial charge on any atom is 0.336 e. The molecule has 3 heteroatoms. The van der Waals surface area contributed by atoms with Crippen LogP contribution in [0.15, 0.2) is 60.7 Å². The Bertz CT molecular complexity index is 1110. The Morgan fingerprint density at radius 2 is 1.61 bits per heavy atom. The van der Waals surface area contributed by atoms with Gasteiger partial charge in [-0.25, -0.2) is 4.79 Å². The zero-order chi connectivity index (χ0) is 16.0. The quantitative estimate of drug-likeness (QED) is 0.433. The van der Waals surface area contributed by atoms with Crippen LogP contribution in [-0.4, -0.2) is 17.4 Å². The van der Waals surface area contributed by atoms with E-state index in [-0.39, 0.29) is 5.56 Å². The minimum Gasteiger partial charge on any atom is -0.478 e. The molecular weight excluding hydrogens is 288 g/mol. The van der Waals surface area contributed by atoms with Crippen LogP contribution in [0, 0.1) is 0 Å². The van der Waals surface area contributed by atoms with E-state index in [2.05, 4.69) is 0 Å². The van der Waals surface area contributed by atoms with Gasteiger partial charge in [0.25, 0.3) is 0 Å². The third-order valence-corrected chi connectivity index (χ3v) is 4.26. The van der Waals surface area contributed by atoms with Crippen LogP contribution in [-0.2, 0) is 0 Å². The van der Waals surface area contributed by atoms with Crippen LogP contribution in [0.25, 0.3) is 32.3 Å². The van der Waals surface area contributed by atoms with Crippen molar-refractivity contribution in [1.29, 1.82) is 0 Å². The molecule has 4 rings (SSSR count). The lowest BCUT2D eigenvalue weighted by Gasteiger charge is -2.12. The van der Waals surface area contributed by atoms with Gasteiger partial charge in [0, 0.05) is 16.3 Å². The molecule has 23 heavy (non-hydrogen) atoms. The first kappa shape index (κ1) is 13.5. The molecule has 0 aliphatic carbocycles. The van der Waals surface area contributed by atoms with Gasteiger partial charge in [-0.15, -0.1) is 0 Å². The zero-order valence-electron chi connectivity index (χ0n) is 12.1. The van der Waals surface area contributed by atoms with Gasteiger partial charge in [-0.2, -0.15) is 0 Å². The topological polar surface area (TPSA) is 54.4 Å². The molecule has 0 fully saturated rings. The maximum absolute atomic E-state index is 11.8. The van der Waals surface area contributed by atoms with Gasteiger partial charge in [0.1, 0.15) is 0 Å². The average Bonchev–Trinajstić information content (AvgIpc) is 2.59. The van der Waals surface area contributed by atoms with Gasteiger partial charge in [-0.1, -0.05) is 54.6 Å². The van der Waals surface area contributed by atoms with E-state index in [9.17, 15) is 14.7 Å². The van der Waals surface area contributed by atoms with Crippen molar-refractivity contribution in [2.24, 2.45) is 0 Å². The number of carboxylic acids is 1. The van der Waals surface area contributed by atoms with Crippen LogP contribution >= 0.6 is 0 Å². The SMILES string of the molecule is O=Cc1cccc2ccc3c4ccccc4cc(C(=O)O)c3c12. The Balaban J connectivity index is 2.39. The Hall–Kier alpha value is -3.20. The maximum atomic E-state index is 11.8. The molecule has 0 bridgehead atoms. The molecule has 0 aliphatic rings. The van der Waals surface area contributed by atoms with Gasteiger partial charge in [-0.05, 0) is 27.6 Å². The van der Waals surface area contributed by atoms with Crippen molar-refractivity contribution in [2.75, 3.05) is 0 Å². The second-order valence-corrected chi connectivity index (χ2v) is 5.50. The highest BCUT2D eigenvalue weighted by Gasteiger charge is 2.16. The number of carbonyl (C=O) groups excluding carboxylic acids is 1. The molecule has 1 N–H and O–H groups in total. The molecule has 0 amide bonds. The third kappa shape index (κ3) is 1.90. The first-order chi connectivity index (χ1) is 11.2. The van der Waals surface area contributed by atoms with Crippen molar-refractivity contribution >= 4 is 44.6 Å². The number of rotatable bonds is 2. The van der Waals surface area contributed by atoms with E-state index in [4.69, 9.17) is 0 Å². The lowest BCUT2D eigenvalue weighted by atomic mass is 9.91. The van der Waals surface area contributed by atoms with E-state index in [0.717, 1.165) is 27.8 Å². The van der Waals surface area contributed by atoms with E-state index < -0.39 is 5.97 Å². The van der Waals surface area contributed by atoms with Crippen LogP contribution < -0.4 is 0 Å². The Morgan fingerprint density at radius 1 is 0.826 bits per heavy atom.